The molecule has 1 heterocycles. The van der Waals surface area contributed by atoms with Gasteiger partial charge in [0.25, 0.3) is 0 Å². The van der Waals surface area contributed by atoms with Gasteiger partial charge in [0.15, 0.2) is 20.6 Å². The smallest absolute Gasteiger partial charge is 0.182 e. The highest BCUT2D eigenvalue weighted by Crippen LogP contribution is 2.29. The van der Waals surface area contributed by atoms with E-state index in [4.69, 9.17) is 11.0 Å². The molecule has 0 atom stereocenters. The normalized spacial score (nSPS) is 11.2. The summed E-state index contributed by atoms with van der Waals surface area (Å²) in [6, 6.07) is 1.97. The van der Waals surface area contributed by atoms with Crippen LogP contribution in [0, 0.1) is 11.3 Å². The van der Waals surface area contributed by atoms with Crippen molar-refractivity contribution in [3.05, 3.63) is 0 Å². The van der Waals surface area contributed by atoms with Crippen molar-refractivity contribution in [2.75, 3.05) is 30.5 Å². The van der Waals surface area contributed by atoms with Crippen molar-refractivity contribution >= 4 is 21.5 Å². The van der Waals surface area contributed by atoms with E-state index in [1.165, 1.54) is 4.68 Å². The molecule has 0 spiro atoms. The summed E-state index contributed by atoms with van der Waals surface area (Å²) in [5, 5.41) is 12.7. The zero-order valence-electron chi connectivity index (χ0n) is 10.7. The molecule has 18 heavy (non-hydrogen) atoms. The summed E-state index contributed by atoms with van der Waals surface area (Å²) in [6.07, 6.45) is 1.33. The second-order valence-electron chi connectivity index (χ2n) is 3.96. The first-order valence-electron chi connectivity index (χ1n) is 5.47. The molecule has 0 aliphatic rings. The third-order valence-electron chi connectivity index (χ3n) is 2.57. The molecule has 0 aliphatic carbocycles. The van der Waals surface area contributed by atoms with Crippen LogP contribution in [0.1, 0.15) is 13.3 Å². The zero-order chi connectivity index (χ0) is 13.9. The van der Waals surface area contributed by atoms with E-state index in [0.717, 1.165) is 6.26 Å². The average Bonchev–Trinajstić information content (AvgIpc) is 2.62. The van der Waals surface area contributed by atoms with Gasteiger partial charge in [-0.25, -0.2) is 13.1 Å². The average molecular weight is 271 g/mol. The summed E-state index contributed by atoms with van der Waals surface area (Å²) < 4.78 is 24.9. The van der Waals surface area contributed by atoms with Gasteiger partial charge in [-0.05, 0) is 6.92 Å². The first kappa shape index (κ1) is 14.3. The lowest BCUT2D eigenvalue weighted by Crippen LogP contribution is -2.19. The van der Waals surface area contributed by atoms with Gasteiger partial charge in [0.2, 0.25) is 0 Å². The predicted octanol–water partition coefficient (Wildman–Crippen LogP) is 0.239. The molecule has 8 heteroatoms. The van der Waals surface area contributed by atoms with Crippen molar-refractivity contribution in [1.29, 1.82) is 5.26 Å². The SMILES string of the molecule is CCN(C)c1nn(CCC#N)c(N)c1S(C)(=O)=O. The van der Waals surface area contributed by atoms with Gasteiger partial charge < -0.3 is 10.6 Å². The van der Waals surface area contributed by atoms with Crippen LogP contribution in [0.25, 0.3) is 0 Å². The van der Waals surface area contributed by atoms with Crippen molar-refractivity contribution < 1.29 is 8.42 Å². The lowest BCUT2D eigenvalue weighted by Gasteiger charge is -2.14. The Labute approximate surface area is 107 Å². The number of nitrogen functional groups attached to an aromatic ring is 1. The molecule has 0 fully saturated rings. The van der Waals surface area contributed by atoms with Gasteiger partial charge in [0.05, 0.1) is 19.0 Å². The Morgan fingerprint density at radius 1 is 1.56 bits per heavy atom. The van der Waals surface area contributed by atoms with Gasteiger partial charge in [-0.2, -0.15) is 10.4 Å². The minimum atomic E-state index is -3.46. The van der Waals surface area contributed by atoms with E-state index in [2.05, 4.69) is 5.10 Å². The number of aromatic nitrogens is 2. The monoisotopic (exact) mass is 271 g/mol. The van der Waals surface area contributed by atoms with Crippen LogP contribution in [-0.4, -0.2) is 38.0 Å². The third-order valence-corrected chi connectivity index (χ3v) is 3.70. The summed E-state index contributed by atoms with van der Waals surface area (Å²) in [4.78, 5) is 1.74. The highest BCUT2D eigenvalue weighted by molar-refractivity contribution is 7.91. The van der Waals surface area contributed by atoms with Gasteiger partial charge in [0, 0.05) is 19.8 Å². The van der Waals surface area contributed by atoms with Gasteiger partial charge in [-0.15, -0.1) is 0 Å². The quantitative estimate of drug-likeness (QED) is 0.822. The third kappa shape index (κ3) is 2.73. The molecule has 100 valence electrons. The van der Waals surface area contributed by atoms with Crippen molar-refractivity contribution in [1.82, 2.24) is 9.78 Å². The maximum absolute atomic E-state index is 11.8. The van der Waals surface area contributed by atoms with E-state index < -0.39 is 9.84 Å². The van der Waals surface area contributed by atoms with Crippen LogP contribution < -0.4 is 10.6 Å². The van der Waals surface area contributed by atoms with Crippen molar-refractivity contribution in [2.24, 2.45) is 0 Å². The van der Waals surface area contributed by atoms with Crippen LogP contribution in [0.2, 0.25) is 0 Å². The molecule has 1 aromatic rings. The number of hydrogen-bond donors (Lipinski definition) is 1. The van der Waals surface area contributed by atoms with Gasteiger partial charge in [-0.1, -0.05) is 0 Å². The topological polar surface area (TPSA) is 105 Å². The van der Waals surface area contributed by atoms with Gasteiger partial charge >= 0.3 is 0 Å². The fourth-order valence-electron chi connectivity index (χ4n) is 1.53. The molecule has 0 saturated carbocycles. The Morgan fingerprint density at radius 3 is 2.61 bits per heavy atom. The van der Waals surface area contributed by atoms with E-state index >= 15 is 0 Å². The molecular formula is C10H17N5O2S. The van der Waals surface area contributed by atoms with E-state index in [9.17, 15) is 8.42 Å². The Bertz CT molecular complexity index is 570. The summed E-state index contributed by atoms with van der Waals surface area (Å²) in [7, 11) is -1.72. The van der Waals surface area contributed by atoms with Crippen LogP contribution >= 0.6 is 0 Å². The molecule has 0 radical (unpaired) electrons. The lowest BCUT2D eigenvalue weighted by molar-refractivity contribution is 0.601. The number of nitriles is 1. The summed E-state index contributed by atoms with van der Waals surface area (Å²) in [6.45, 7) is 2.77. The molecule has 0 unspecified atom stereocenters. The second-order valence-corrected chi connectivity index (χ2v) is 5.91. The van der Waals surface area contributed by atoms with Crippen LogP contribution in [0.3, 0.4) is 0 Å². The zero-order valence-corrected chi connectivity index (χ0v) is 11.5. The number of sulfone groups is 1. The predicted molar refractivity (Wildman–Crippen MR) is 68.9 cm³/mol. The first-order valence-corrected chi connectivity index (χ1v) is 7.36. The van der Waals surface area contributed by atoms with Gasteiger partial charge in [-0.3, -0.25) is 0 Å². The van der Waals surface area contributed by atoms with Crippen molar-refractivity contribution in [2.45, 2.75) is 24.8 Å². The number of nitrogens with zero attached hydrogens (tertiary/aromatic N) is 4. The van der Waals surface area contributed by atoms with Gasteiger partial charge in [0.1, 0.15) is 5.82 Å². The Morgan fingerprint density at radius 2 is 2.17 bits per heavy atom. The number of anilines is 2. The maximum Gasteiger partial charge on any atom is 0.182 e. The Kier molecular flexibility index (Phi) is 4.19. The number of nitrogens with two attached hydrogens (primary N) is 1. The molecule has 2 N–H and O–H groups in total. The van der Waals surface area contributed by atoms with E-state index in [0.29, 0.717) is 12.4 Å². The molecule has 0 amide bonds. The summed E-state index contributed by atoms with van der Waals surface area (Å²) in [5.74, 6) is 0.415. The number of hydrogen-bond acceptors (Lipinski definition) is 6. The van der Waals surface area contributed by atoms with Crippen molar-refractivity contribution in [3.63, 3.8) is 0 Å². The summed E-state index contributed by atoms with van der Waals surface area (Å²) in [5.41, 5.74) is 5.81. The molecule has 0 aromatic carbocycles. The first-order chi connectivity index (χ1) is 8.32. The van der Waals surface area contributed by atoms with Crippen LogP contribution in [0.5, 0.6) is 0 Å². The fourth-order valence-corrected chi connectivity index (χ4v) is 2.54. The van der Waals surface area contributed by atoms with E-state index in [-0.39, 0.29) is 23.7 Å². The largest absolute Gasteiger partial charge is 0.383 e. The van der Waals surface area contributed by atoms with Crippen LogP contribution in [0.15, 0.2) is 4.90 Å². The molecular weight excluding hydrogens is 254 g/mol. The lowest BCUT2D eigenvalue weighted by atomic mass is 10.4. The molecule has 1 rings (SSSR count). The Balaban J connectivity index is 3.38. The molecule has 7 nitrogen and oxygen atoms in total. The number of rotatable bonds is 5. The van der Waals surface area contributed by atoms with E-state index in [1.807, 2.05) is 13.0 Å². The highest BCUT2D eigenvalue weighted by Gasteiger charge is 2.25. The number of aryl methyl sites for hydroxylation is 1. The van der Waals surface area contributed by atoms with E-state index in [1.54, 1.807) is 11.9 Å². The van der Waals surface area contributed by atoms with Crippen LogP contribution in [0.4, 0.5) is 11.6 Å². The minimum Gasteiger partial charge on any atom is -0.383 e. The molecule has 0 aliphatic heterocycles. The fraction of sp³-hybridized carbons (Fsp3) is 0.600. The van der Waals surface area contributed by atoms with Crippen LogP contribution in [-0.2, 0) is 16.4 Å². The second kappa shape index (κ2) is 5.27. The molecule has 1 aromatic heterocycles. The van der Waals surface area contributed by atoms with Crippen molar-refractivity contribution in [3.8, 4) is 6.07 Å². The maximum atomic E-state index is 11.8. The molecule has 0 saturated heterocycles. The molecule has 0 bridgehead atoms. The minimum absolute atomic E-state index is 0.0322. The summed E-state index contributed by atoms with van der Waals surface area (Å²) >= 11 is 0. The standard InChI is InChI=1S/C10H17N5O2S/c1-4-14(2)10-8(18(3,16)17)9(12)15(13-10)7-5-6-11/h4-5,7,12H2,1-3H3. The highest BCUT2D eigenvalue weighted by atomic mass is 32.2. The Hall–Kier alpha value is -1.75.